The maximum atomic E-state index is 8.95. The Bertz CT molecular complexity index is 169. The van der Waals surface area contributed by atoms with Gasteiger partial charge in [0.2, 0.25) is 0 Å². The van der Waals surface area contributed by atoms with Crippen LogP contribution in [0.15, 0.2) is 0 Å². The van der Waals surface area contributed by atoms with E-state index in [1.54, 1.807) is 0 Å². The Labute approximate surface area is 86.0 Å². The van der Waals surface area contributed by atoms with Crippen molar-refractivity contribution in [3.63, 3.8) is 0 Å². The van der Waals surface area contributed by atoms with Crippen LogP contribution in [0.25, 0.3) is 0 Å². The molecule has 14 heavy (non-hydrogen) atoms. The van der Waals surface area contributed by atoms with Crippen LogP contribution in [0.1, 0.15) is 32.1 Å². The molecule has 3 heteroatoms. The van der Waals surface area contributed by atoms with E-state index < -0.39 is 0 Å². The van der Waals surface area contributed by atoms with Gasteiger partial charge in [-0.05, 0) is 18.8 Å². The Morgan fingerprint density at radius 3 is 2.71 bits per heavy atom. The normalized spacial score (nSPS) is 31.1. The van der Waals surface area contributed by atoms with Gasteiger partial charge in [0.1, 0.15) is 6.23 Å². The lowest BCUT2D eigenvalue weighted by molar-refractivity contribution is -0.0296. The molecule has 0 aromatic rings. The third-order valence-corrected chi connectivity index (χ3v) is 3.47. The molecule has 0 radical (unpaired) electrons. The molecule has 82 valence electrons. The first-order valence-corrected chi connectivity index (χ1v) is 5.88. The molecule has 2 fully saturated rings. The van der Waals surface area contributed by atoms with E-state index in [1.165, 1.54) is 32.1 Å². The molecule has 0 aromatic carbocycles. The zero-order valence-corrected chi connectivity index (χ0v) is 8.82. The molecule has 3 nitrogen and oxygen atoms in total. The summed E-state index contributed by atoms with van der Waals surface area (Å²) in [5, 5.41) is 8.95. The maximum absolute atomic E-state index is 8.95. The van der Waals surface area contributed by atoms with Crippen LogP contribution >= 0.6 is 0 Å². The summed E-state index contributed by atoms with van der Waals surface area (Å²) >= 11 is 0. The van der Waals surface area contributed by atoms with E-state index in [4.69, 9.17) is 9.84 Å². The molecule has 0 amide bonds. The Hall–Kier alpha value is -0.120. The lowest BCUT2D eigenvalue weighted by atomic mass is 9.87. The number of aliphatic hydroxyl groups excluding tert-OH is 1. The lowest BCUT2D eigenvalue weighted by Crippen LogP contribution is -2.39. The minimum absolute atomic E-state index is 0.257. The van der Waals surface area contributed by atoms with Crippen molar-refractivity contribution in [1.82, 2.24) is 4.90 Å². The Kier molecular flexibility index (Phi) is 3.79. The number of hydrogen-bond donors (Lipinski definition) is 1. The average molecular weight is 199 g/mol. The third kappa shape index (κ3) is 2.27. The van der Waals surface area contributed by atoms with E-state index in [2.05, 4.69) is 4.90 Å². The van der Waals surface area contributed by atoms with Crippen molar-refractivity contribution in [2.45, 2.75) is 38.3 Å². The number of β-amino-alcohol motifs (C(OH)–C–C–N with tert-alkyl or cyclic N) is 1. The van der Waals surface area contributed by atoms with Crippen LogP contribution in [0.2, 0.25) is 0 Å². The standard InChI is InChI=1S/C11H21NO2/c13-8-6-12-7-9-14-11(12)10-4-2-1-3-5-10/h10-11,13H,1-9H2. The molecule has 1 saturated heterocycles. The molecule has 1 N–H and O–H groups in total. The minimum atomic E-state index is 0.257. The van der Waals surface area contributed by atoms with Crippen molar-refractivity contribution in [3.05, 3.63) is 0 Å². The van der Waals surface area contributed by atoms with E-state index in [9.17, 15) is 0 Å². The van der Waals surface area contributed by atoms with Gasteiger partial charge >= 0.3 is 0 Å². The number of aliphatic hydroxyl groups is 1. The number of rotatable bonds is 3. The fraction of sp³-hybridized carbons (Fsp3) is 1.00. The van der Waals surface area contributed by atoms with Crippen LogP contribution in [0.3, 0.4) is 0 Å². The van der Waals surface area contributed by atoms with Crippen molar-refractivity contribution in [1.29, 1.82) is 0 Å². The van der Waals surface area contributed by atoms with Crippen LogP contribution in [0.5, 0.6) is 0 Å². The molecule has 0 aromatic heterocycles. The zero-order chi connectivity index (χ0) is 9.80. The highest BCUT2D eigenvalue weighted by atomic mass is 16.5. The van der Waals surface area contributed by atoms with Gasteiger partial charge in [0.05, 0.1) is 13.2 Å². The maximum Gasteiger partial charge on any atom is 0.113 e. The number of hydrogen-bond acceptors (Lipinski definition) is 3. The third-order valence-electron chi connectivity index (χ3n) is 3.47. The second-order valence-corrected chi connectivity index (χ2v) is 4.42. The van der Waals surface area contributed by atoms with E-state index in [0.717, 1.165) is 25.6 Å². The van der Waals surface area contributed by atoms with Gasteiger partial charge in [-0.2, -0.15) is 0 Å². The minimum Gasteiger partial charge on any atom is -0.395 e. The molecule has 1 aliphatic heterocycles. The van der Waals surface area contributed by atoms with E-state index in [-0.39, 0.29) is 6.61 Å². The topological polar surface area (TPSA) is 32.7 Å². The highest BCUT2D eigenvalue weighted by molar-refractivity contribution is 4.79. The molecule has 1 atom stereocenters. The van der Waals surface area contributed by atoms with Crippen LogP contribution in [-0.4, -0.2) is 42.5 Å². The monoisotopic (exact) mass is 199 g/mol. The van der Waals surface area contributed by atoms with Gasteiger partial charge in [-0.3, -0.25) is 4.90 Å². The van der Waals surface area contributed by atoms with E-state index in [1.807, 2.05) is 0 Å². The van der Waals surface area contributed by atoms with Gasteiger partial charge in [0.25, 0.3) is 0 Å². The number of nitrogens with zero attached hydrogens (tertiary/aromatic N) is 1. The molecule has 1 unspecified atom stereocenters. The Morgan fingerprint density at radius 1 is 1.21 bits per heavy atom. The largest absolute Gasteiger partial charge is 0.395 e. The molecular weight excluding hydrogens is 178 g/mol. The van der Waals surface area contributed by atoms with Gasteiger partial charge in [-0.15, -0.1) is 0 Å². The molecule has 0 bridgehead atoms. The molecular formula is C11H21NO2. The van der Waals surface area contributed by atoms with Crippen LogP contribution in [0, 0.1) is 5.92 Å². The van der Waals surface area contributed by atoms with Crippen LogP contribution < -0.4 is 0 Å². The second-order valence-electron chi connectivity index (χ2n) is 4.42. The fourth-order valence-corrected chi connectivity index (χ4v) is 2.74. The van der Waals surface area contributed by atoms with Crippen LogP contribution in [-0.2, 0) is 4.74 Å². The molecule has 0 spiro atoms. The van der Waals surface area contributed by atoms with Gasteiger partial charge in [0.15, 0.2) is 0 Å². The van der Waals surface area contributed by atoms with Crippen molar-refractivity contribution in [2.24, 2.45) is 5.92 Å². The SMILES string of the molecule is OCCN1CCOC1C1CCCCC1. The molecule has 1 aliphatic carbocycles. The quantitative estimate of drug-likeness (QED) is 0.741. The van der Waals surface area contributed by atoms with Crippen molar-refractivity contribution < 1.29 is 9.84 Å². The molecule has 1 saturated carbocycles. The second kappa shape index (κ2) is 5.10. The molecule has 2 rings (SSSR count). The summed E-state index contributed by atoms with van der Waals surface area (Å²) in [5.74, 6) is 0.720. The average Bonchev–Trinajstić information content (AvgIpc) is 2.68. The van der Waals surface area contributed by atoms with Gasteiger partial charge in [-0.1, -0.05) is 19.3 Å². The zero-order valence-electron chi connectivity index (χ0n) is 8.82. The summed E-state index contributed by atoms with van der Waals surface area (Å²) in [5.41, 5.74) is 0. The highest BCUT2D eigenvalue weighted by Gasteiger charge is 2.32. The first-order valence-electron chi connectivity index (χ1n) is 5.88. The summed E-state index contributed by atoms with van der Waals surface area (Å²) in [7, 11) is 0. The summed E-state index contributed by atoms with van der Waals surface area (Å²) in [6, 6.07) is 0. The van der Waals surface area contributed by atoms with Gasteiger partial charge in [0, 0.05) is 13.1 Å². The van der Waals surface area contributed by atoms with Crippen molar-refractivity contribution >= 4 is 0 Å². The smallest absolute Gasteiger partial charge is 0.113 e. The number of ether oxygens (including phenoxy) is 1. The predicted molar refractivity (Wildman–Crippen MR) is 55.0 cm³/mol. The van der Waals surface area contributed by atoms with E-state index >= 15 is 0 Å². The summed E-state index contributed by atoms with van der Waals surface area (Å²) in [6.07, 6.45) is 7.04. The summed E-state index contributed by atoms with van der Waals surface area (Å²) in [6.45, 7) is 2.89. The first-order chi connectivity index (χ1) is 6.92. The molecule has 2 aliphatic rings. The Balaban J connectivity index is 1.87. The summed E-state index contributed by atoms with van der Waals surface area (Å²) in [4.78, 5) is 2.30. The molecule has 1 heterocycles. The highest BCUT2D eigenvalue weighted by Crippen LogP contribution is 2.31. The first kappa shape index (κ1) is 10.4. The van der Waals surface area contributed by atoms with Gasteiger partial charge < -0.3 is 9.84 Å². The van der Waals surface area contributed by atoms with Crippen molar-refractivity contribution in [2.75, 3.05) is 26.3 Å². The van der Waals surface area contributed by atoms with E-state index in [0.29, 0.717) is 6.23 Å². The predicted octanol–water partition coefficient (Wildman–Crippen LogP) is 1.22. The van der Waals surface area contributed by atoms with Crippen molar-refractivity contribution in [3.8, 4) is 0 Å². The van der Waals surface area contributed by atoms with Gasteiger partial charge in [-0.25, -0.2) is 0 Å². The van der Waals surface area contributed by atoms with Crippen LogP contribution in [0.4, 0.5) is 0 Å². The lowest BCUT2D eigenvalue weighted by Gasteiger charge is -2.32. The summed E-state index contributed by atoms with van der Waals surface area (Å²) < 4.78 is 5.77. The Morgan fingerprint density at radius 2 is 2.00 bits per heavy atom. The fourth-order valence-electron chi connectivity index (χ4n) is 2.74.